The van der Waals surface area contributed by atoms with Gasteiger partial charge in [-0.1, -0.05) is 20.8 Å². The molecular weight excluding hydrogens is 1090 g/mol. The minimum atomic E-state index is -4.31. The highest BCUT2D eigenvalue weighted by molar-refractivity contribution is 5.07. The van der Waals surface area contributed by atoms with Crippen LogP contribution in [0.2, 0.25) is 0 Å². The molecule has 1 aliphatic carbocycles. The standard InChI is InChI=1S/C20H39N3.C18H32N4O.C16H31F3N2O.C16H33NO/c1-18(2,3)22-9-7-20(8-10-22)15-17(16-20)21-11-13-23(14-12-21)19(4,5)6;1-17(2,3)22-11-9-21(10-12-22)13-15-7-8-16(20-19-15)14-23-18(4,5)6;1-14(2,3)21-11-9-20(10-12-21)8-7-13(16(17,18)19)22-15(4,5)6;1-15(2,3)9-7-14-8-10-17(13-14)11-12-18-16(4,5)6/h17H,7-16H2,1-6H3;7-8H,9-14H2,1-6H3;13H,7-12H2,1-6H3;14H,7-13H2,1-6H3. The molecule has 1 aromatic rings. The van der Waals surface area contributed by atoms with Crippen molar-refractivity contribution in [2.24, 2.45) is 16.7 Å². The molecular formula is C70H135F3N10O3. The van der Waals surface area contributed by atoms with E-state index in [-0.39, 0.29) is 28.7 Å². The predicted octanol–water partition coefficient (Wildman–Crippen LogP) is 13.6. The van der Waals surface area contributed by atoms with E-state index in [0.717, 1.165) is 95.4 Å². The van der Waals surface area contributed by atoms with Gasteiger partial charge < -0.3 is 24.0 Å². The van der Waals surface area contributed by atoms with Crippen LogP contribution in [0.25, 0.3) is 0 Å². The van der Waals surface area contributed by atoms with Gasteiger partial charge in [0.05, 0.1) is 41.4 Å². The average molecular weight is 1220 g/mol. The Bertz CT molecular complexity index is 2030. The second-order valence-electron chi connectivity index (χ2n) is 34.8. The Morgan fingerprint density at radius 2 is 0.942 bits per heavy atom. The van der Waals surface area contributed by atoms with Crippen LogP contribution in [0.1, 0.15) is 229 Å². The Labute approximate surface area is 527 Å². The van der Waals surface area contributed by atoms with Crippen molar-refractivity contribution in [3.8, 4) is 0 Å². The third-order valence-electron chi connectivity index (χ3n) is 18.5. The second kappa shape index (κ2) is 31.8. The van der Waals surface area contributed by atoms with E-state index in [4.69, 9.17) is 14.2 Å². The van der Waals surface area contributed by atoms with Crippen LogP contribution >= 0.6 is 0 Å². The van der Waals surface area contributed by atoms with Gasteiger partial charge in [-0.05, 0) is 245 Å². The first kappa shape index (κ1) is 76.9. The van der Waals surface area contributed by atoms with Crippen LogP contribution in [-0.4, -0.2) is 231 Å². The molecule has 0 bridgehead atoms. The van der Waals surface area contributed by atoms with Crippen LogP contribution in [0.4, 0.5) is 13.2 Å². The first-order valence-corrected chi connectivity index (χ1v) is 33.9. The van der Waals surface area contributed by atoms with Gasteiger partial charge in [0.2, 0.25) is 0 Å². The third kappa shape index (κ3) is 29.4. The van der Waals surface area contributed by atoms with Crippen LogP contribution in [0, 0.1) is 16.7 Å². The summed E-state index contributed by atoms with van der Waals surface area (Å²) in [5.41, 5.74) is 3.27. The summed E-state index contributed by atoms with van der Waals surface area (Å²) < 4.78 is 55.9. The number of ether oxygens (including phenoxy) is 3. The van der Waals surface area contributed by atoms with Gasteiger partial charge in [-0.2, -0.15) is 23.4 Å². The Morgan fingerprint density at radius 3 is 1.36 bits per heavy atom. The van der Waals surface area contributed by atoms with Gasteiger partial charge in [-0.25, -0.2) is 0 Å². The topological polar surface area (TPSA) is 79.4 Å². The summed E-state index contributed by atoms with van der Waals surface area (Å²) >= 11 is 0. The zero-order valence-electron chi connectivity index (χ0n) is 60.2. The number of alkyl halides is 3. The van der Waals surface area contributed by atoms with E-state index in [0.29, 0.717) is 35.1 Å². The molecule has 0 N–H and O–H groups in total. The highest BCUT2D eigenvalue weighted by Gasteiger charge is 2.49. The van der Waals surface area contributed by atoms with Crippen molar-refractivity contribution < 1.29 is 27.4 Å². The van der Waals surface area contributed by atoms with Gasteiger partial charge in [-0.3, -0.25) is 29.4 Å². The highest BCUT2D eigenvalue weighted by Crippen LogP contribution is 2.52. The molecule has 0 amide bonds. The molecule has 5 aliphatic heterocycles. The van der Waals surface area contributed by atoms with Gasteiger partial charge in [-0.15, -0.1) is 0 Å². The molecule has 6 aliphatic rings. The lowest BCUT2D eigenvalue weighted by Crippen LogP contribution is -2.61. The first-order chi connectivity index (χ1) is 39.2. The maximum atomic E-state index is 13.1. The minimum Gasteiger partial charge on any atom is -0.375 e. The molecule has 6 fully saturated rings. The van der Waals surface area contributed by atoms with Crippen molar-refractivity contribution >= 4 is 0 Å². The molecule has 5 saturated heterocycles. The summed E-state index contributed by atoms with van der Waals surface area (Å²) in [6, 6.07) is 4.99. The van der Waals surface area contributed by atoms with Crippen molar-refractivity contribution in [1.29, 1.82) is 0 Å². The molecule has 7 rings (SSSR count). The number of hydrogen-bond donors (Lipinski definition) is 0. The van der Waals surface area contributed by atoms with E-state index in [1.54, 1.807) is 20.8 Å². The van der Waals surface area contributed by atoms with Gasteiger partial charge in [0.1, 0.15) is 0 Å². The number of aromatic nitrogens is 2. The Kier molecular flexibility index (Phi) is 28.5. The monoisotopic (exact) mass is 1220 g/mol. The van der Waals surface area contributed by atoms with Crippen LogP contribution in [-0.2, 0) is 27.4 Å². The van der Waals surface area contributed by atoms with E-state index in [1.165, 1.54) is 97.3 Å². The second-order valence-corrected chi connectivity index (χ2v) is 34.8. The maximum Gasteiger partial charge on any atom is 0.414 e. The fraction of sp³-hybridized carbons (Fsp3) is 0.943. The van der Waals surface area contributed by atoms with E-state index in [9.17, 15) is 13.2 Å². The Morgan fingerprint density at radius 1 is 0.500 bits per heavy atom. The van der Waals surface area contributed by atoms with E-state index < -0.39 is 17.9 Å². The van der Waals surface area contributed by atoms with Crippen LogP contribution < -0.4 is 0 Å². The van der Waals surface area contributed by atoms with E-state index in [1.807, 2.05) is 26.8 Å². The lowest BCUT2D eigenvalue weighted by molar-refractivity contribution is -0.247. The van der Waals surface area contributed by atoms with Crippen LogP contribution in [0.15, 0.2) is 12.1 Å². The zero-order valence-corrected chi connectivity index (χ0v) is 60.2. The summed E-state index contributed by atoms with van der Waals surface area (Å²) in [5, 5.41) is 8.65. The Hall–Kier alpha value is -1.57. The number of hydrogen-bond acceptors (Lipinski definition) is 13. The van der Waals surface area contributed by atoms with Gasteiger partial charge in [0, 0.05) is 133 Å². The number of halogens is 3. The quantitative estimate of drug-likeness (QED) is 0.178. The number of nitrogens with zero attached hydrogens (tertiary/aromatic N) is 10. The van der Waals surface area contributed by atoms with Gasteiger partial charge in [0.15, 0.2) is 6.10 Å². The molecule has 0 radical (unpaired) electrons. The van der Waals surface area contributed by atoms with Crippen LogP contribution in [0.5, 0.6) is 0 Å². The smallest absolute Gasteiger partial charge is 0.375 e. The lowest BCUT2D eigenvalue weighted by Gasteiger charge is -2.58. The lowest BCUT2D eigenvalue weighted by atomic mass is 9.59. The fourth-order valence-electron chi connectivity index (χ4n) is 12.8. The summed E-state index contributed by atoms with van der Waals surface area (Å²) in [6.45, 7) is 73.9. The molecule has 1 spiro atoms. The van der Waals surface area contributed by atoms with Crippen molar-refractivity contribution in [2.75, 3.05) is 124 Å². The zero-order chi connectivity index (χ0) is 65.0. The fourth-order valence-corrected chi connectivity index (χ4v) is 12.8. The molecule has 2 atom stereocenters. The molecule has 1 aromatic heterocycles. The number of piperidine rings is 1. The molecule has 0 aromatic carbocycles. The van der Waals surface area contributed by atoms with Crippen molar-refractivity contribution in [3.05, 3.63) is 23.5 Å². The summed E-state index contributed by atoms with van der Waals surface area (Å²) in [4.78, 5) is 20.2. The maximum absolute atomic E-state index is 13.1. The Balaban J connectivity index is 0.000000247. The molecule has 2 unspecified atom stereocenters. The normalized spacial score (nSPS) is 22.8. The molecule has 1 saturated carbocycles. The molecule has 13 nitrogen and oxygen atoms in total. The third-order valence-corrected chi connectivity index (χ3v) is 18.5. The number of likely N-dealkylation sites (tertiary alicyclic amines) is 2. The van der Waals surface area contributed by atoms with Crippen LogP contribution in [0.3, 0.4) is 0 Å². The van der Waals surface area contributed by atoms with Crippen molar-refractivity contribution in [3.63, 3.8) is 0 Å². The van der Waals surface area contributed by atoms with Gasteiger partial charge >= 0.3 is 6.18 Å². The van der Waals surface area contributed by atoms with Gasteiger partial charge in [0.25, 0.3) is 0 Å². The summed E-state index contributed by atoms with van der Waals surface area (Å²) in [7, 11) is 0. The predicted molar refractivity (Wildman–Crippen MR) is 354 cm³/mol. The number of rotatable bonds is 14. The SMILES string of the molecule is CC(C)(C)CCC1CCN(CCOC(C)(C)C)C1.CC(C)(C)N1CCN(C2CC3(CCN(C(C)(C)C)CC3)C2)CC1.CC(C)(C)OC(CCN1CCN(C(C)(C)C)CC1)C(F)(F)F.CC(C)(C)OCc1ccc(CN2CCN(C(C)(C)C)CC2)nn1. The molecule has 504 valence electrons. The highest BCUT2D eigenvalue weighted by atomic mass is 19.4. The minimum absolute atomic E-state index is 0.00368. The molecule has 16 heteroatoms. The first-order valence-electron chi connectivity index (χ1n) is 33.9. The average Bonchev–Trinajstić information content (AvgIpc) is 0.891. The molecule has 86 heavy (non-hydrogen) atoms. The van der Waals surface area contributed by atoms with Crippen molar-refractivity contribution in [1.82, 2.24) is 49.4 Å². The summed E-state index contributed by atoms with van der Waals surface area (Å²) in [5.74, 6) is 0.916. The largest absolute Gasteiger partial charge is 0.414 e. The number of piperazine rings is 3. The van der Waals surface area contributed by atoms with E-state index >= 15 is 0 Å². The van der Waals surface area contributed by atoms with E-state index in [2.05, 4.69) is 180 Å². The summed E-state index contributed by atoms with van der Waals surface area (Å²) in [6.07, 6.45) is 3.94. The molecule has 6 heterocycles. The van der Waals surface area contributed by atoms with Crippen molar-refractivity contribution in [2.45, 2.75) is 288 Å².